The second-order valence-corrected chi connectivity index (χ2v) is 11.9. The van der Waals surface area contributed by atoms with Gasteiger partial charge in [0.1, 0.15) is 17.0 Å². The van der Waals surface area contributed by atoms with Crippen LogP contribution in [0.25, 0.3) is 0 Å². The van der Waals surface area contributed by atoms with Gasteiger partial charge in [-0.15, -0.1) is 0 Å². The average molecular weight is 543 g/mol. The molecule has 4 atom stereocenters. The molecule has 10 heteroatoms. The first-order valence-corrected chi connectivity index (χ1v) is 13.8. The van der Waals surface area contributed by atoms with E-state index in [0.717, 1.165) is 36.7 Å². The number of amides is 1. The van der Waals surface area contributed by atoms with Crippen LogP contribution in [0.15, 0.2) is 24.4 Å². The van der Waals surface area contributed by atoms with Crippen LogP contribution < -0.4 is 10.2 Å². The molecule has 5 rings (SSSR count). The van der Waals surface area contributed by atoms with Gasteiger partial charge in [-0.05, 0) is 80.0 Å². The molecule has 39 heavy (non-hydrogen) atoms. The Morgan fingerprint density at radius 3 is 2.56 bits per heavy atom. The predicted molar refractivity (Wildman–Crippen MR) is 141 cm³/mol. The first-order valence-electron chi connectivity index (χ1n) is 13.8. The number of carbonyl (C=O) groups is 2. The number of anilines is 2. The number of phenolic OH excluding ortho intramolecular Hbond substituents is 1. The van der Waals surface area contributed by atoms with Crippen LogP contribution in [0.5, 0.6) is 5.75 Å². The van der Waals surface area contributed by atoms with Crippen molar-refractivity contribution < 1.29 is 28.6 Å². The first-order chi connectivity index (χ1) is 18.3. The van der Waals surface area contributed by atoms with Crippen LogP contribution in [0, 0.1) is 17.8 Å². The molecular formula is C29H36F2N4O4. The van der Waals surface area contributed by atoms with E-state index in [9.17, 15) is 28.6 Å². The molecule has 8 nitrogen and oxygen atoms in total. The molecule has 2 saturated carbocycles. The van der Waals surface area contributed by atoms with E-state index in [0.29, 0.717) is 32.2 Å². The summed E-state index contributed by atoms with van der Waals surface area (Å²) in [5.74, 6) is -5.11. The second kappa shape index (κ2) is 9.41. The van der Waals surface area contributed by atoms with Crippen LogP contribution in [0.2, 0.25) is 0 Å². The zero-order valence-corrected chi connectivity index (χ0v) is 22.8. The summed E-state index contributed by atoms with van der Waals surface area (Å²) in [7, 11) is 0. The second-order valence-electron chi connectivity index (χ2n) is 11.9. The molecule has 210 valence electrons. The number of aromatic hydroxyl groups is 1. The van der Waals surface area contributed by atoms with E-state index < -0.39 is 34.6 Å². The Balaban J connectivity index is 1.53. The first kappa shape index (κ1) is 27.3. The van der Waals surface area contributed by atoms with Crippen molar-refractivity contribution in [1.82, 2.24) is 15.3 Å². The van der Waals surface area contributed by atoms with Crippen LogP contribution in [0.3, 0.4) is 0 Å². The van der Waals surface area contributed by atoms with Crippen molar-refractivity contribution >= 4 is 23.5 Å². The van der Waals surface area contributed by atoms with Gasteiger partial charge in [0.2, 0.25) is 5.95 Å². The number of hydrogen-bond donors (Lipinski definition) is 3. The number of fused-ring (bicyclic) bond motifs is 3. The monoisotopic (exact) mass is 542 g/mol. The minimum Gasteiger partial charge on any atom is -0.508 e. The summed E-state index contributed by atoms with van der Waals surface area (Å²) in [6, 6.07) is 4.96. The molecule has 0 saturated heterocycles. The van der Waals surface area contributed by atoms with Gasteiger partial charge in [0.05, 0.1) is 5.56 Å². The minimum absolute atomic E-state index is 0.0253. The summed E-state index contributed by atoms with van der Waals surface area (Å²) in [5, 5.41) is 23.0. The summed E-state index contributed by atoms with van der Waals surface area (Å²) < 4.78 is 29.9. The van der Waals surface area contributed by atoms with Crippen LogP contribution in [-0.2, 0) is 16.1 Å². The maximum absolute atomic E-state index is 15.0. The SMILES string of the molecule is CCC1(CC)CN(c2ncc(C(=O)NC3(C(=O)O)CC4CC(C)CC3C4)c(C(C)(F)F)n2)c2ccc(O)cc21. The van der Waals surface area contributed by atoms with Crippen molar-refractivity contribution in [2.24, 2.45) is 17.8 Å². The van der Waals surface area contributed by atoms with Gasteiger partial charge in [0.15, 0.2) is 0 Å². The third-order valence-corrected chi connectivity index (χ3v) is 9.40. The van der Waals surface area contributed by atoms with Gasteiger partial charge in [0.25, 0.3) is 11.8 Å². The number of nitrogens with zero attached hydrogens (tertiary/aromatic N) is 3. The number of carbonyl (C=O) groups excluding carboxylic acids is 1. The molecule has 1 aromatic heterocycles. The Morgan fingerprint density at radius 1 is 1.21 bits per heavy atom. The van der Waals surface area contributed by atoms with E-state index in [2.05, 4.69) is 22.2 Å². The molecule has 2 bridgehead atoms. The third kappa shape index (κ3) is 4.41. The molecule has 4 unspecified atom stereocenters. The normalized spacial score (nSPS) is 27.3. The third-order valence-electron chi connectivity index (χ3n) is 9.40. The zero-order valence-electron chi connectivity index (χ0n) is 22.8. The fourth-order valence-electron chi connectivity index (χ4n) is 7.37. The van der Waals surface area contributed by atoms with Gasteiger partial charge in [-0.25, -0.2) is 14.8 Å². The minimum atomic E-state index is -3.48. The van der Waals surface area contributed by atoms with Crippen molar-refractivity contribution in [2.45, 2.75) is 83.1 Å². The number of rotatable bonds is 7. The average Bonchev–Trinajstić information content (AvgIpc) is 3.34. The highest BCUT2D eigenvalue weighted by molar-refractivity contribution is 5.99. The van der Waals surface area contributed by atoms with Crippen LogP contribution >= 0.6 is 0 Å². The molecule has 3 N–H and O–H groups in total. The molecular weight excluding hydrogens is 506 g/mol. The molecule has 2 fully saturated rings. The zero-order chi connectivity index (χ0) is 28.3. The Bertz CT molecular complexity index is 1310. The Morgan fingerprint density at radius 2 is 1.92 bits per heavy atom. The summed E-state index contributed by atoms with van der Waals surface area (Å²) >= 11 is 0. The summed E-state index contributed by atoms with van der Waals surface area (Å²) in [6.07, 6.45) is 5.13. The molecule has 1 amide bonds. The number of carboxylic acid groups (broad SMARTS) is 1. The van der Waals surface area contributed by atoms with E-state index in [4.69, 9.17) is 0 Å². The van der Waals surface area contributed by atoms with Crippen molar-refractivity contribution in [2.75, 3.05) is 11.4 Å². The smallest absolute Gasteiger partial charge is 0.329 e. The topological polar surface area (TPSA) is 116 Å². The van der Waals surface area contributed by atoms with E-state index in [1.54, 1.807) is 17.0 Å². The Labute approximate surface area is 226 Å². The molecule has 0 radical (unpaired) electrons. The number of benzene rings is 1. The quantitative estimate of drug-likeness (QED) is 0.422. The molecule has 1 aromatic carbocycles. The van der Waals surface area contributed by atoms with Crippen molar-refractivity contribution in [3.63, 3.8) is 0 Å². The lowest BCUT2D eigenvalue weighted by Gasteiger charge is -2.33. The van der Waals surface area contributed by atoms with Gasteiger partial charge < -0.3 is 20.4 Å². The Kier molecular flexibility index (Phi) is 6.58. The van der Waals surface area contributed by atoms with Crippen molar-refractivity contribution in [3.05, 3.63) is 41.2 Å². The van der Waals surface area contributed by atoms with Gasteiger partial charge in [-0.3, -0.25) is 4.79 Å². The summed E-state index contributed by atoms with van der Waals surface area (Å²) in [6.45, 7) is 7.26. The highest BCUT2D eigenvalue weighted by Gasteiger charge is 2.56. The van der Waals surface area contributed by atoms with Gasteiger partial charge >= 0.3 is 5.97 Å². The molecule has 3 aliphatic rings. The number of phenols is 1. The lowest BCUT2D eigenvalue weighted by atomic mass is 9.77. The maximum Gasteiger partial charge on any atom is 0.329 e. The maximum atomic E-state index is 15.0. The highest BCUT2D eigenvalue weighted by atomic mass is 19.3. The summed E-state index contributed by atoms with van der Waals surface area (Å²) in [5.41, 5.74) is -1.38. The number of aromatic nitrogens is 2. The number of hydrogen-bond acceptors (Lipinski definition) is 6. The lowest BCUT2D eigenvalue weighted by Crippen LogP contribution is -2.57. The van der Waals surface area contributed by atoms with Crippen molar-refractivity contribution in [3.8, 4) is 5.75 Å². The molecule has 0 spiro atoms. The molecule has 2 heterocycles. The number of carboxylic acids is 1. The van der Waals surface area contributed by atoms with E-state index in [1.165, 1.54) is 6.07 Å². The molecule has 2 aromatic rings. The molecule has 2 aliphatic carbocycles. The lowest BCUT2D eigenvalue weighted by molar-refractivity contribution is -0.146. The number of alkyl halides is 2. The standard InChI is InChI=1S/C29H36F2N4O4/c1-5-28(6-2)15-35(22-8-7-19(36)12-21(22)28)26-32-14-20(23(33-26)27(4,30)31)24(37)34-29(25(38)39)13-17-9-16(3)10-18(29)11-17/h7-8,12,14,16-18,36H,5-6,9-11,13,15H2,1-4H3,(H,34,37)(H,38,39). The number of halogens is 2. The van der Waals surface area contributed by atoms with Crippen LogP contribution in [-0.4, -0.2) is 44.1 Å². The molecule has 1 aliphatic heterocycles. The summed E-state index contributed by atoms with van der Waals surface area (Å²) in [4.78, 5) is 36.3. The number of aliphatic carboxylic acids is 1. The van der Waals surface area contributed by atoms with Crippen molar-refractivity contribution in [1.29, 1.82) is 0 Å². The van der Waals surface area contributed by atoms with Crippen LogP contribution in [0.1, 0.15) is 87.8 Å². The largest absolute Gasteiger partial charge is 0.508 e. The van der Waals surface area contributed by atoms with Crippen LogP contribution in [0.4, 0.5) is 20.4 Å². The predicted octanol–water partition coefficient (Wildman–Crippen LogP) is 5.51. The fraction of sp³-hybridized carbons (Fsp3) is 0.586. The van der Waals surface area contributed by atoms with E-state index in [1.807, 2.05) is 13.8 Å². The fourth-order valence-corrected chi connectivity index (χ4v) is 7.37. The number of nitrogens with one attached hydrogen (secondary N) is 1. The van der Waals surface area contributed by atoms with Gasteiger partial charge in [-0.1, -0.05) is 20.8 Å². The van der Waals surface area contributed by atoms with Gasteiger partial charge in [0, 0.05) is 30.8 Å². The van der Waals surface area contributed by atoms with E-state index >= 15 is 0 Å². The Hall–Kier alpha value is -3.30. The highest BCUT2D eigenvalue weighted by Crippen LogP contribution is 2.51. The van der Waals surface area contributed by atoms with Gasteiger partial charge in [-0.2, -0.15) is 8.78 Å². The van der Waals surface area contributed by atoms with E-state index in [-0.39, 0.29) is 35.4 Å².